The fourth-order valence-electron chi connectivity index (χ4n) is 3.16. The van der Waals surface area contributed by atoms with Gasteiger partial charge >= 0.3 is 12.2 Å². The average molecular weight is 456 g/mol. The lowest BCUT2D eigenvalue weighted by atomic mass is 9.85. The summed E-state index contributed by atoms with van der Waals surface area (Å²) < 4.78 is 58.1. The zero-order valence-electron chi connectivity index (χ0n) is 15.6. The van der Waals surface area contributed by atoms with E-state index in [9.17, 15) is 27.2 Å². The van der Waals surface area contributed by atoms with Crippen LogP contribution in [0.4, 0.5) is 33.7 Å². The molecule has 1 aliphatic carbocycles. The maximum absolute atomic E-state index is 14.9. The third-order valence-electron chi connectivity index (χ3n) is 4.97. The molecule has 0 radical (unpaired) electrons. The van der Waals surface area contributed by atoms with E-state index in [1.165, 1.54) is 0 Å². The molecule has 31 heavy (non-hydrogen) atoms. The summed E-state index contributed by atoms with van der Waals surface area (Å²) in [6.07, 6.45) is -2.65. The van der Waals surface area contributed by atoms with Gasteiger partial charge in [0, 0.05) is 22.7 Å². The van der Waals surface area contributed by atoms with Crippen LogP contribution >= 0.6 is 11.6 Å². The van der Waals surface area contributed by atoms with Crippen LogP contribution in [0, 0.1) is 23.6 Å². The summed E-state index contributed by atoms with van der Waals surface area (Å²) in [4.78, 5) is 27.9. The fourth-order valence-corrected chi connectivity index (χ4v) is 3.28. The molecular formula is C19H14ClF4N5O2. The van der Waals surface area contributed by atoms with Crippen molar-refractivity contribution >= 4 is 29.0 Å². The first-order chi connectivity index (χ1) is 14.5. The molecule has 0 bridgehead atoms. The maximum Gasteiger partial charge on any atom is 0.427 e. The lowest BCUT2D eigenvalue weighted by Crippen LogP contribution is -2.59. The van der Waals surface area contributed by atoms with Crippen molar-refractivity contribution in [2.75, 3.05) is 11.1 Å². The topological polar surface area (TPSA) is 102 Å². The van der Waals surface area contributed by atoms with Crippen LogP contribution < -0.4 is 21.9 Å². The molecule has 2 aromatic rings. The Morgan fingerprint density at radius 1 is 1.32 bits per heavy atom. The van der Waals surface area contributed by atoms with Crippen LogP contribution in [-0.4, -0.2) is 21.8 Å². The molecule has 162 valence electrons. The number of anilines is 2. The van der Waals surface area contributed by atoms with Crippen LogP contribution in [0.15, 0.2) is 23.3 Å². The minimum absolute atomic E-state index is 0.169. The number of hydrogen-bond acceptors (Lipinski definition) is 4. The van der Waals surface area contributed by atoms with E-state index in [0.717, 1.165) is 17.0 Å². The first-order valence-corrected chi connectivity index (χ1v) is 9.41. The molecule has 0 unspecified atom stereocenters. The number of aromatic nitrogens is 2. The summed E-state index contributed by atoms with van der Waals surface area (Å²) in [5.41, 5.74) is 0.345. The van der Waals surface area contributed by atoms with E-state index >= 15 is 0 Å². The Labute approximate surface area is 177 Å². The molecule has 0 spiro atoms. The quantitative estimate of drug-likeness (QED) is 0.368. The Morgan fingerprint density at radius 3 is 2.68 bits per heavy atom. The molecule has 4 rings (SSSR count). The normalized spacial score (nSPS) is 20.2. The van der Waals surface area contributed by atoms with Crippen molar-refractivity contribution in [3.8, 4) is 11.8 Å². The van der Waals surface area contributed by atoms with E-state index < -0.39 is 41.2 Å². The summed E-state index contributed by atoms with van der Waals surface area (Å²) in [6.45, 7) is -0.400. The number of benzene rings is 1. The number of amides is 2. The Kier molecular flexibility index (Phi) is 4.85. The van der Waals surface area contributed by atoms with Crippen LogP contribution in [-0.2, 0) is 12.1 Å². The Hall–Kier alpha value is -3.26. The van der Waals surface area contributed by atoms with E-state index in [1.807, 2.05) is 5.32 Å². The lowest BCUT2D eigenvalue weighted by molar-refractivity contribution is -0.178. The lowest BCUT2D eigenvalue weighted by Gasteiger charge is -2.37. The van der Waals surface area contributed by atoms with E-state index in [4.69, 9.17) is 17.3 Å². The minimum Gasteiger partial charge on any atom is -0.392 e. The van der Waals surface area contributed by atoms with Crippen molar-refractivity contribution in [3.63, 3.8) is 0 Å². The zero-order chi connectivity index (χ0) is 22.6. The predicted molar refractivity (Wildman–Crippen MR) is 104 cm³/mol. The highest BCUT2D eigenvalue weighted by Gasteiger charge is 2.59. The number of rotatable bonds is 2. The van der Waals surface area contributed by atoms with Crippen molar-refractivity contribution in [3.05, 3.63) is 50.9 Å². The first kappa shape index (κ1) is 21.0. The van der Waals surface area contributed by atoms with Gasteiger partial charge in [0.1, 0.15) is 11.5 Å². The highest BCUT2D eigenvalue weighted by Crippen LogP contribution is 2.45. The third-order valence-corrected chi connectivity index (χ3v) is 5.27. The Balaban J connectivity index is 1.83. The van der Waals surface area contributed by atoms with Gasteiger partial charge in [-0.3, -0.25) is 9.36 Å². The second-order valence-corrected chi connectivity index (χ2v) is 7.60. The predicted octanol–water partition coefficient (Wildman–Crippen LogP) is 2.97. The number of nitrogen functional groups attached to an aromatic ring is 1. The Morgan fingerprint density at radius 2 is 2.03 bits per heavy atom. The molecule has 7 nitrogen and oxygen atoms in total. The van der Waals surface area contributed by atoms with Crippen LogP contribution in [0.5, 0.6) is 0 Å². The summed E-state index contributed by atoms with van der Waals surface area (Å²) in [5, 5.41) is 3.83. The van der Waals surface area contributed by atoms with Crippen molar-refractivity contribution in [1.29, 1.82) is 0 Å². The van der Waals surface area contributed by atoms with Crippen LogP contribution in [0.3, 0.4) is 0 Å². The van der Waals surface area contributed by atoms with Gasteiger partial charge in [-0.05, 0) is 25.0 Å². The number of hydrogen-bond donors (Lipinski definition) is 3. The summed E-state index contributed by atoms with van der Waals surface area (Å²) in [6, 6.07) is 0.547. The van der Waals surface area contributed by atoms with Gasteiger partial charge in [-0.15, -0.1) is 0 Å². The SMILES string of the molecule is Nc1c(Cl)ncn(Cc2cc3c(cc2F)[C@@](C#CC2CC2)(C(F)(F)F)NC(=O)N3)c1=O. The van der Waals surface area contributed by atoms with E-state index in [0.29, 0.717) is 18.9 Å². The molecule has 1 aromatic carbocycles. The highest BCUT2D eigenvalue weighted by molar-refractivity contribution is 6.31. The molecular weight excluding hydrogens is 442 g/mol. The number of fused-ring (bicyclic) bond motifs is 1. The zero-order valence-corrected chi connectivity index (χ0v) is 16.4. The van der Waals surface area contributed by atoms with Crippen LogP contribution in [0.25, 0.3) is 0 Å². The number of carbonyl (C=O) groups is 1. The van der Waals surface area contributed by atoms with Gasteiger partial charge in [-0.25, -0.2) is 14.2 Å². The molecule has 1 saturated carbocycles. The standard InChI is InChI=1S/C19H14ClF4N5O2/c20-15-14(25)16(30)29(8-26-15)7-10-5-13-11(6-12(10)21)18(19(22,23)24,28-17(31)27-13)4-3-9-1-2-9/h5-6,8-9H,1-2,7,25H2,(H2,27,28,31)/t18-/m0/s1. The van der Waals surface area contributed by atoms with Gasteiger partial charge in [0.15, 0.2) is 5.15 Å². The van der Waals surface area contributed by atoms with E-state index in [2.05, 4.69) is 22.1 Å². The number of halogens is 5. The molecule has 1 atom stereocenters. The van der Waals surface area contributed by atoms with Gasteiger partial charge in [-0.1, -0.05) is 23.4 Å². The van der Waals surface area contributed by atoms with E-state index in [1.54, 1.807) is 0 Å². The molecule has 1 aromatic heterocycles. The molecule has 2 aliphatic rings. The van der Waals surface area contributed by atoms with Gasteiger partial charge in [0.05, 0.1) is 12.9 Å². The number of nitrogens with two attached hydrogens (primary N) is 1. The third kappa shape index (κ3) is 3.67. The van der Waals surface area contributed by atoms with Crippen molar-refractivity contribution in [2.24, 2.45) is 5.92 Å². The minimum atomic E-state index is -5.01. The molecule has 1 aliphatic heterocycles. The number of alkyl halides is 3. The maximum atomic E-state index is 14.9. The van der Waals surface area contributed by atoms with Crippen LogP contribution in [0.2, 0.25) is 5.15 Å². The summed E-state index contributed by atoms with van der Waals surface area (Å²) in [5.74, 6) is 3.43. The van der Waals surface area contributed by atoms with Gasteiger partial charge < -0.3 is 16.4 Å². The number of nitrogens with zero attached hydrogens (tertiary/aromatic N) is 2. The number of urea groups is 1. The van der Waals surface area contributed by atoms with Crippen molar-refractivity contribution in [1.82, 2.24) is 14.9 Å². The fraction of sp³-hybridized carbons (Fsp3) is 0.316. The van der Waals surface area contributed by atoms with Gasteiger partial charge in [-0.2, -0.15) is 13.2 Å². The van der Waals surface area contributed by atoms with Gasteiger partial charge in [0.25, 0.3) is 5.56 Å². The van der Waals surface area contributed by atoms with Crippen molar-refractivity contribution in [2.45, 2.75) is 31.1 Å². The molecule has 0 saturated heterocycles. The second-order valence-electron chi connectivity index (χ2n) is 7.24. The largest absolute Gasteiger partial charge is 0.427 e. The summed E-state index contributed by atoms with van der Waals surface area (Å²) >= 11 is 5.66. The van der Waals surface area contributed by atoms with Crippen molar-refractivity contribution < 1.29 is 22.4 Å². The molecule has 12 heteroatoms. The van der Waals surface area contributed by atoms with Gasteiger partial charge in [0.2, 0.25) is 5.54 Å². The Bertz CT molecular complexity index is 1210. The smallest absolute Gasteiger partial charge is 0.392 e. The highest BCUT2D eigenvalue weighted by atomic mass is 35.5. The summed E-state index contributed by atoms with van der Waals surface area (Å²) in [7, 11) is 0. The molecule has 4 N–H and O–H groups in total. The number of carbonyl (C=O) groups excluding carboxylic acids is 1. The molecule has 1 fully saturated rings. The molecule has 2 amide bonds. The number of nitrogens with one attached hydrogen (secondary N) is 2. The first-order valence-electron chi connectivity index (χ1n) is 9.04. The second kappa shape index (κ2) is 7.16. The monoisotopic (exact) mass is 455 g/mol. The van der Waals surface area contributed by atoms with E-state index in [-0.39, 0.29) is 28.0 Å². The average Bonchev–Trinajstić information content (AvgIpc) is 3.51. The molecule has 2 heterocycles. The van der Waals surface area contributed by atoms with Crippen LogP contribution in [0.1, 0.15) is 24.0 Å².